The van der Waals surface area contributed by atoms with Crippen molar-refractivity contribution in [1.29, 1.82) is 0 Å². The van der Waals surface area contributed by atoms with Gasteiger partial charge in [-0.15, -0.1) is 0 Å². The predicted octanol–water partition coefficient (Wildman–Crippen LogP) is 3.24. The topological polar surface area (TPSA) is 63.8 Å². The van der Waals surface area contributed by atoms with Crippen LogP contribution in [0.15, 0.2) is 52.0 Å². The van der Waals surface area contributed by atoms with E-state index in [0.717, 1.165) is 11.3 Å². The molecule has 1 amide bonds. The fraction of sp³-hybridized carbons (Fsp3) is 0.200. The third kappa shape index (κ3) is 3.98. The molecule has 2 rings (SSSR count). The van der Waals surface area contributed by atoms with Crippen LogP contribution in [0.5, 0.6) is 0 Å². The molecule has 0 atom stereocenters. The molecule has 0 aliphatic rings. The molecule has 20 heavy (non-hydrogen) atoms. The van der Waals surface area contributed by atoms with Gasteiger partial charge in [0.1, 0.15) is 23.8 Å². The van der Waals surface area contributed by atoms with Gasteiger partial charge in [-0.1, -0.05) is 30.3 Å². The summed E-state index contributed by atoms with van der Waals surface area (Å²) in [6.07, 6.45) is -0.600. The number of hydrogen-bond acceptors (Lipinski definition) is 4. The highest BCUT2D eigenvalue weighted by Gasteiger charge is 2.05. The number of carbonyl (C=O) groups is 1. The van der Waals surface area contributed by atoms with E-state index in [9.17, 15) is 4.79 Å². The van der Waals surface area contributed by atoms with Gasteiger partial charge < -0.3 is 9.15 Å². The predicted molar refractivity (Wildman–Crippen MR) is 75.4 cm³/mol. The van der Waals surface area contributed by atoms with E-state index in [4.69, 9.17) is 9.15 Å². The van der Waals surface area contributed by atoms with Crippen LogP contribution in [0.4, 0.5) is 4.79 Å². The van der Waals surface area contributed by atoms with Gasteiger partial charge in [-0.25, -0.2) is 10.2 Å². The molecule has 5 nitrogen and oxygen atoms in total. The highest BCUT2D eigenvalue weighted by atomic mass is 16.6. The molecule has 0 fully saturated rings. The summed E-state index contributed by atoms with van der Waals surface area (Å²) < 4.78 is 10.4. The molecule has 0 bridgehead atoms. The van der Waals surface area contributed by atoms with E-state index in [0.29, 0.717) is 11.5 Å². The summed E-state index contributed by atoms with van der Waals surface area (Å²) >= 11 is 0. The van der Waals surface area contributed by atoms with Crippen LogP contribution in [0.3, 0.4) is 0 Å². The van der Waals surface area contributed by atoms with Crippen molar-refractivity contribution in [3.63, 3.8) is 0 Å². The zero-order chi connectivity index (χ0) is 14.4. The third-order valence-corrected chi connectivity index (χ3v) is 2.62. The molecular formula is C15H16N2O3. The maximum atomic E-state index is 11.5. The van der Waals surface area contributed by atoms with E-state index in [1.165, 1.54) is 0 Å². The van der Waals surface area contributed by atoms with Crippen molar-refractivity contribution in [2.75, 3.05) is 0 Å². The number of benzene rings is 1. The monoisotopic (exact) mass is 272 g/mol. The molecule has 104 valence electrons. The van der Waals surface area contributed by atoms with Gasteiger partial charge in [0.25, 0.3) is 0 Å². The standard InChI is InChI=1S/C15H16N2O3/c1-11-8-9-14(20-11)12(2)16-17-15(18)19-10-13-6-4-3-5-7-13/h3-9H,10H2,1-2H3,(H,17,18). The number of rotatable bonds is 4. The van der Waals surface area contributed by atoms with Crippen LogP contribution in [0.25, 0.3) is 0 Å². The summed E-state index contributed by atoms with van der Waals surface area (Å²) in [5.74, 6) is 1.41. The van der Waals surface area contributed by atoms with Gasteiger partial charge in [0, 0.05) is 0 Å². The van der Waals surface area contributed by atoms with Gasteiger partial charge >= 0.3 is 6.09 Å². The number of amides is 1. The van der Waals surface area contributed by atoms with E-state index < -0.39 is 6.09 Å². The van der Waals surface area contributed by atoms with Gasteiger partial charge in [0.05, 0.1) is 0 Å². The normalized spacial score (nSPS) is 11.2. The summed E-state index contributed by atoms with van der Waals surface area (Å²) in [5, 5.41) is 3.92. The second-order valence-electron chi connectivity index (χ2n) is 4.28. The van der Waals surface area contributed by atoms with Crippen LogP contribution in [-0.2, 0) is 11.3 Å². The average Bonchev–Trinajstić information content (AvgIpc) is 2.90. The maximum absolute atomic E-state index is 11.5. The molecule has 0 saturated heterocycles. The second-order valence-corrected chi connectivity index (χ2v) is 4.28. The van der Waals surface area contributed by atoms with Crippen LogP contribution in [-0.4, -0.2) is 11.8 Å². The molecule has 0 aliphatic heterocycles. The summed E-state index contributed by atoms with van der Waals surface area (Å²) in [5.41, 5.74) is 3.83. The van der Waals surface area contributed by atoms with Gasteiger partial charge in [0.15, 0.2) is 0 Å². The van der Waals surface area contributed by atoms with Crippen molar-refractivity contribution in [3.8, 4) is 0 Å². The molecule has 1 aromatic carbocycles. The Balaban J connectivity index is 1.83. The number of hydrazone groups is 1. The van der Waals surface area contributed by atoms with Gasteiger partial charge in [-0.05, 0) is 31.5 Å². The molecule has 5 heteroatoms. The lowest BCUT2D eigenvalue weighted by molar-refractivity contribution is 0.140. The van der Waals surface area contributed by atoms with Crippen LogP contribution >= 0.6 is 0 Å². The minimum Gasteiger partial charge on any atom is -0.460 e. The Morgan fingerprint density at radius 2 is 2.00 bits per heavy atom. The molecule has 0 spiro atoms. The molecule has 2 aromatic rings. The van der Waals surface area contributed by atoms with Crippen LogP contribution in [0.1, 0.15) is 24.0 Å². The van der Waals surface area contributed by atoms with Gasteiger partial charge in [-0.2, -0.15) is 5.10 Å². The smallest absolute Gasteiger partial charge is 0.428 e. The third-order valence-electron chi connectivity index (χ3n) is 2.62. The number of nitrogens with one attached hydrogen (secondary N) is 1. The summed E-state index contributed by atoms with van der Waals surface area (Å²) in [4.78, 5) is 11.5. The van der Waals surface area contributed by atoms with Crippen molar-refractivity contribution in [2.24, 2.45) is 5.10 Å². The Morgan fingerprint density at radius 3 is 2.65 bits per heavy atom. The molecule has 0 aliphatic carbocycles. The van der Waals surface area contributed by atoms with Gasteiger partial charge in [0.2, 0.25) is 0 Å². The van der Waals surface area contributed by atoms with Crippen molar-refractivity contribution < 1.29 is 13.9 Å². The Hall–Kier alpha value is -2.56. The number of hydrogen-bond donors (Lipinski definition) is 1. The van der Waals surface area contributed by atoms with Crippen molar-refractivity contribution in [3.05, 3.63) is 59.5 Å². The first-order chi connectivity index (χ1) is 9.65. The van der Waals surface area contributed by atoms with E-state index in [-0.39, 0.29) is 6.61 Å². The fourth-order valence-electron chi connectivity index (χ4n) is 1.57. The van der Waals surface area contributed by atoms with Crippen LogP contribution in [0, 0.1) is 6.92 Å². The lowest BCUT2D eigenvalue weighted by atomic mass is 10.2. The summed E-state index contributed by atoms with van der Waals surface area (Å²) in [6, 6.07) is 13.1. The van der Waals surface area contributed by atoms with E-state index in [1.807, 2.05) is 43.3 Å². The van der Waals surface area contributed by atoms with Crippen molar-refractivity contribution >= 4 is 11.8 Å². The van der Waals surface area contributed by atoms with Crippen molar-refractivity contribution in [2.45, 2.75) is 20.5 Å². The largest absolute Gasteiger partial charge is 0.460 e. The second kappa shape index (κ2) is 6.56. The number of furan rings is 1. The Kier molecular flexibility index (Phi) is 4.55. The molecule has 0 radical (unpaired) electrons. The summed E-state index contributed by atoms with van der Waals surface area (Å²) in [6.45, 7) is 3.80. The molecule has 1 heterocycles. The van der Waals surface area contributed by atoms with E-state index >= 15 is 0 Å². The first-order valence-corrected chi connectivity index (χ1v) is 6.23. The molecule has 1 aromatic heterocycles. The zero-order valence-electron chi connectivity index (χ0n) is 11.4. The Bertz CT molecular complexity index is 603. The first kappa shape index (κ1) is 13.9. The fourth-order valence-corrected chi connectivity index (χ4v) is 1.57. The highest BCUT2D eigenvalue weighted by Crippen LogP contribution is 2.07. The Labute approximate surface area is 117 Å². The lowest BCUT2D eigenvalue weighted by Crippen LogP contribution is -2.20. The molecular weight excluding hydrogens is 256 g/mol. The molecule has 0 unspecified atom stereocenters. The minimum absolute atomic E-state index is 0.209. The highest BCUT2D eigenvalue weighted by molar-refractivity contribution is 5.96. The maximum Gasteiger partial charge on any atom is 0.428 e. The Morgan fingerprint density at radius 1 is 1.25 bits per heavy atom. The molecule has 1 N–H and O–H groups in total. The number of carbonyl (C=O) groups excluding carboxylic acids is 1. The number of nitrogens with zero attached hydrogens (tertiary/aromatic N) is 1. The van der Waals surface area contributed by atoms with E-state index in [2.05, 4.69) is 10.5 Å². The van der Waals surface area contributed by atoms with Crippen LogP contribution < -0.4 is 5.43 Å². The molecule has 0 saturated carbocycles. The number of aryl methyl sites for hydroxylation is 1. The SMILES string of the molecule is CC(=NNC(=O)OCc1ccccc1)c1ccc(C)o1. The zero-order valence-corrected chi connectivity index (χ0v) is 11.4. The quantitative estimate of drug-likeness (QED) is 0.686. The first-order valence-electron chi connectivity index (χ1n) is 6.23. The minimum atomic E-state index is -0.600. The number of ether oxygens (including phenoxy) is 1. The average molecular weight is 272 g/mol. The van der Waals surface area contributed by atoms with Crippen LogP contribution in [0.2, 0.25) is 0 Å². The lowest BCUT2D eigenvalue weighted by Gasteiger charge is -2.04. The van der Waals surface area contributed by atoms with Gasteiger partial charge in [-0.3, -0.25) is 0 Å². The van der Waals surface area contributed by atoms with Crippen molar-refractivity contribution in [1.82, 2.24) is 5.43 Å². The summed E-state index contributed by atoms with van der Waals surface area (Å²) in [7, 11) is 0. The van der Waals surface area contributed by atoms with E-state index in [1.54, 1.807) is 13.0 Å².